The Hall–Kier alpha value is -2.42. The predicted molar refractivity (Wildman–Crippen MR) is 74.2 cm³/mol. The van der Waals surface area contributed by atoms with E-state index in [2.05, 4.69) is 10.6 Å². The maximum absolute atomic E-state index is 11.9. The first kappa shape index (κ1) is 15.0. The van der Waals surface area contributed by atoms with Crippen LogP contribution in [0.1, 0.15) is 23.5 Å². The summed E-state index contributed by atoms with van der Waals surface area (Å²) in [6, 6.07) is 2.18. The van der Waals surface area contributed by atoms with E-state index in [1.54, 1.807) is 13.8 Å². The summed E-state index contributed by atoms with van der Waals surface area (Å²) in [7, 11) is 0. The normalized spacial score (nSPS) is 16.8. The molecule has 1 saturated heterocycles. The molecule has 1 aliphatic heterocycles. The quantitative estimate of drug-likeness (QED) is 0.708. The number of nitrogens with one attached hydrogen (secondary N) is 2. The first-order valence-electron chi connectivity index (χ1n) is 5.98. The van der Waals surface area contributed by atoms with Gasteiger partial charge in [0.1, 0.15) is 17.0 Å². The lowest BCUT2D eigenvalue weighted by Gasteiger charge is -2.15. The lowest BCUT2D eigenvalue weighted by Crippen LogP contribution is -2.41. The molecule has 2 rings (SSSR count). The Labute approximate surface area is 123 Å². The fraction of sp³-hybridized carbons (Fsp3) is 0.333. The van der Waals surface area contributed by atoms with Crippen molar-refractivity contribution in [1.29, 1.82) is 0 Å². The van der Waals surface area contributed by atoms with Crippen molar-refractivity contribution in [2.24, 2.45) is 0 Å². The molecule has 1 aromatic rings. The maximum atomic E-state index is 11.9. The monoisotopic (exact) mass is 311 g/mol. The zero-order chi connectivity index (χ0) is 15.8. The molecule has 1 aromatic heterocycles. The zero-order valence-electron chi connectivity index (χ0n) is 11.3. The molecule has 0 atom stereocenters. The van der Waals surface area contributed by atoms with Crippen molar-refractivity contribution in [2.45, 2.75) is 19.4 Å². The van der Waals surface area contributed by atoms with Gasteiger partial charge in [-0.2, -0.15) is 0 Å². The summed E-state index contributed by atoms with van der Waals surface area (Å²) in [6.45, 7) is 2.67. The number of thiophene rings is 1. The van der Waals surface area contributed by atoms with Crippen LogP contribution in [0.5, 0.6) is 0 Å². The van der Waals surface area contributed by atoms with Crippen molar-refractivity contribution >= 4 is 40.2 Å². The Kier molecular flexibility index (Phi) is 3.69. The van der Waals surface area contributed by atoms with E-state index in [-0.39, 0.29) is 4.88 Å². The molecule has 8 nitrogen and oxygen atoms in total. The van der Waals surface area contributed by atoms with Crippen LogP contribution in [0.3, 0.4) is 0 Å². The first-order chi connectivity index (χ1) is 9.70. The minimum atomic E-state index is -1.09. The zero-order valence-corrected chi connectivity index (χ0v) is 12.1. The number of hydrogen-bond acceptors (Lipinski definition) is 5. The van der Waals surface area contributed by atoms with Gasteiger partial charge in [0, 0.05) is 0 Å². The van der Waals surface area contributed by atoms with E-state index in [0.717, 1.165) is 16.2 Å². The van der Waals surface area contributed by atoms with Gasteiger partial charge in [0.2, 0.25) is 5.91 Å². The van der Waals surface area contributed by atoms with Crippen molar-refractivity contribution in [3.8, 4) is 0 Å². The number of amides is 4. The second-order valence-electron chi connectivity index (χ2n) is 4.96. The van der Waals surface area contributed by atoms with Gasteiger partial charge in [-0.1, -0.05) is 0 Å². The smallest absolute Gasteiger partial charge is 0.345 e. The Morgan fingerprint density at radius 2 is 2.05 bits per heavy atom. The summed E-state index contributed by atoms with van der Waals surface area (Å²) in [5, 5.41) is 14.0. The fourth-order valence-corrected chi connectivity index (χ4v) is 2.56. The third-order valence-electron chi connectivity index (χ3n) is 2.83. The molecule has 0 aliphatic carbocycles. The predicted octanol–water partition coefficient (Wildman–Crippen LogP) is 0.715. The van der Waals surface area contributed by atoms with Gasteiger partial charge in [-0.3, -0.25) is 14.5 Å². The van der Waals surface area contributed by atoms with Gasteiger partial charge in [0.15, 0.2) is 0 Å². The van der Waals surface area contributed by atoms with E-state index in [1.807, 2.05) is 0 Å². The van der Waals surface area contributed by atoms with Gasteiger partial charge < -0.3 is 15.7 Å². The Bertz CT molecular complexity index is 637. The van der Waals surface area contributed by atoms with E-state index in [0.29, 0.717) is 5.00 Å². The lowest BCUT2D eigenvalue weighted by atomic mass is 10.1. The van der Waals surface area contributed by atoms with E-state index in [1.165, 1.54) is 12.1 Å². The minimum Gasteiger partial charge on any atom is -0.477 e. The molecule has 112 valence electrons. The van der Waals surface area contributed by atoms with Crippen LogP contribution in [-0.4, -0.2) is 45.9 Å². The molecular formula is C12H13N3O5S. The first-order valence-corrected chi connectivity index (χ1v) is 6.79. The van der Waals surface area contributed by atoms with Crippen LogP contribution in [0.25, 0.3) is 0 Å². The Balaban J connectivity index is 2.00. The summed E-state index contributed by atoms with van der Waals surface area (Å²) in [4.78, 5) is 47.0. The number of anilines is 1. The molecule has 0 unspecified atom stereocenters. The number of imide groups is 1. The molecule has 1 fully saturated rings. The van der Waals surface area contributed by atoms with Crippen LogP contribution >= 0.6 is 11.3 Å². The van der Waals surface area contributed by atoms with Gasteiger partial charge in [0.05, 0.1) is 5.00 Å². The number of carboxylic acid groups (broad SMARTS) is 1. The van der Waals surface area contributed by atoms with Gasteiger partial charge in [-0.15, -0.1) is 11.3 Å². The Morgan fingerprint density at radius 3 is 2.52 bits per heavy atom. The molecule has 0 saturated carbocycles. The topological polar surface area (TPSA) is 116 Å². The SMILES string of the molecule is CC1(C)NC(=O)N(CC(=O)Nc2ccc(C(=O)O)s2)C1=O. The van der Waals surface area contributed by atoms with Crippen molar-refractivity contribution in [2.75, 3.05) is 11.9 Å². The highest BCUT2D eigenvalue weighted by Crippen LogP contribution is 2.22. The second kappa shape index (κ2) is 5.17. The second-order valence-corrected chi connectivity index (χ2v) is 6.05. The molecule has 9 heteroatoms. The molecule has 2 heterocycles. The largest absolute Gasteiger partial charge is 0.477 e. The number of carboxylic acids is 1. The molecule has 1 aliphatic rings. The molecular weight excluding hydrogens is 298 g/mol. The summed E-state index contributed by atoms with van der Waals surface area (Å²) in [5.74, 6) is -2.15. The standard InChI is InChI=1S/C12H13N3O5S/c1-12(2)10(19)15(11(20)14-12)5-7(16)13-8-4-3-6(21-8)9(17)18/h3-4H,5H2,1-2H3,(H,13,16)(H,14,20)(H,17,18). The molecule has 3 N–H and O–H groups in total. The van der Waals surface area contributed by atoms with E-state index in [9.17, 15) is 19.2 Å². The van der Waals surface area contributed by atoms with Crippen LogP contribution in [0, 0.1) is 0 Å². The highest BCUT2D eigenvalue weighted by atomic mass is 32.1. The number of urea groups is 1. The number of carbonyl (C=O) groups is 4. The van der Waals surface area contributed by atoms with Crippen LogP contribution < -0.4 is 10.6 Å². The van der Waals surface area contributed by atoms with E-state index < -0.39 is 35.9 Å². The number of carbonyl (C=O) groups excluding carboxylic acids is 3. The summed E-state index contributed by atoms with van der Waals surface area (Å²) in [6.07, 6.45) is 0. The molecule has 0 bridgehead atoms. The number of aromatic carboxylic acids is 1. The molecule has 0 aromatic carbocycles. The third-order valence-corrected chi connectivity index (χ3v) is 3.81. The van der Waals surface area contributed by atoms with Crippen molar-refractivity contribution < 1.29 is 24.3 Å². The van der Waals surface area contributed by atoms with Gasteiger partial charge in [0.25, 0.3) is 5.91 Å². The van der Waals surface area contributed by atoms with Crippen molar-refractivity contribution in [1.82, 2.24) is 10.2 Å². The summed E-state index contributed by atoms with van der Waals surface area (Å²) >= 11 is 0.893. The average Bonchev–Trinajstić information content (AvgIpc) is 2.89. The third kappa shape index (κ3) is 3.02. The summed E-state index contributed by atoms with van der Waals surface area (Å²) in [5.41, 5.74) is -1.03. The summed E-state index contributed by atoms with van der Waals surface area (Å²) < 4.78 is 0. The van der Waals surface area contributed by atoms with E-state index >= 15 is 0 Å². The van der Waals surface area contributed by atoms with Crippen LogP contribution in [0.15, 0.2) is 12.1 Å². The van der Waals surface area contributed by atoms with Crippen molar-refractivity contribution in [3.63, 3.8) is 0 Å². The van der Waals surface area contributed by atoms with Crippen molar-refractivity contribution in [3.05, 3.63) is 17.0 Å². The highest BCUT2D eigenvalue weighted by molar-refractivity contribution is 7.18. The van der Waals surface area contributed by atoms with Gasteiger partial charge in [-0.05, 0) is 26.0 Å². The Morgan fingerprint density at radius 1 is 1.38 bits per heavy atom. The minimum absolute atomic E-state index is 0.0847. The number of rotatable bonds is 4. The average molecular weight is 311 g/mol. The number of hydrogen-bond donors (Lipinski definition) is 3. The van der Waals surface area contributed by atoms with Crippen LogP contribution in [0.4, 0.5) is 9.80 Å². The molecule has 4 amide bonds. The fourth-order valence-electron chi connectivity index (χ4n) is 1.80. The van der Waals surface area contributed by atoms with Crippen LogP contribution in [-0.2, 0) is 9.59 Å². The van der Waals surface area contributed by atoms with Gasteiger partial charge in [-0.25, -0.2) is 9.59 Å². The molecule has 21 heavy (non-hydrogen) atoms. The van der Waals surface area contributed by atoms with E-state index in [4.69, 9.17) is 5.11 Å². The molecule has 0 radical (unpaired) electrons. The highest BCUT2D eigenvalue weighted by Gasteiger charge is 2.44. The maximum Gasteiger partial charge on any atom is 0.345 e. The molecule has 0 spiro atoms. The van der Waals surface area contributed by atoms with Crippen LogP contribution in [0.2, 0.25) is 0 Å². The lowest BCUT2D eigenvalue weighted by molar-refractivity contribution is -0.132. The van der Waals surface area contributed by atoms with Gasteiger partial charge >= 0.3 is 12.0 Å². The number of nitrogens with zero attached hydrogens (tertiary/aromatic N) is 1.